The average Bonchev–Trinajstić information content (AvgIpc) is 3.05. The van der Waals surface area contributed by atoms with Crippen LogP contribution in [0.25, 0.3) is 22.6 Å². The van der Waals surface area contributed by atoms with Crippen molar-refractivity contribution in [3.63, 3.8) is 0 Å². The number of hydrogen-bond donors (Lipinski definition) is 1. The van der Waals surface area contributed by atoms with Crippen LogP contribution >= 0.6 is 23.2 Å². The average molecular weight is 425 g/mol. The molecule has 0 aliphatic heterocycles. The molecule has 3 aromatic carbocycles. The molecular formula is C23H18Cl2N2O2. The van der Waals surface area contributed by atoms with Gasteiger partial charge in [-0.2, -0.15) is 0 Å². The first-order valence-corrected chi connectivity index (χ1v) is 9.82. The number of nitrogens with one attached hydrogen (secondary N) is 1. The number of aromatic nitrogens is 1. The molecule has 1 heterocycles. The van der Waals surface area contributed by atoms with Crippen LogP contribution in [-0.4, -0.2) is 10.9 Å². The Balaban J connectivity index is 1.65. The van der Waals surface area contributed by atoms with Crippen LogP contribution in [0.1, 0.15) is 27.0 Å². The molecule has 1 aromatic heterocycles. The van der Waals surface area contributed by atoms with Gasteiger partial charge < -0.3 is 9.73 Å². The molecule has 0 atom stereocenters. The number of carbonyl (C=O) groups excluding carboxylic acids is 1. The lowest BCUT2D eigenvalue weighted by Crippen LogP contribution is -2.11. The van der Waals surface area contributed by atoms with E-state index in [0.29, 0.717) is 38.3 Å². The standard InChI is InChI=1S/C23H18Cl2N2O2/c1-12-8-13(2)21(14(3)9-12)23-27-19-11-16(5-7-20(19)29-23)26-22(28)15-4-6-17(24)18(25)10-15/h4-11H,1-3H3,(H,26,28). The Bertz CT molecular complexity index is 1240. The zero-order valence-corrected chi connectivity index (χ0v) is 17.7. The molecule has 0 fully saturated rings. The molecule has 0 aliphatic carbocycles. The van der Waals surface area contributed by atoms with Crippen molar-refractivity contribution in [1.82, 2.24) is 4.98 Å². The third-order valence-corrected chi connectivity index (χ3v) is 5.46. The van der Waals surface area contributed by atoms with Crippen molar-refractivity contribution in [2.45, 2.75) is 20.8 Å². The summed E-state index contributed by atoms with van der Waals surface area (Å²) in [6.07, 6.45) is 0. The van der Waals surface area contributed by atoms with Gasteiger partial charge in [-0.05, 0) is 68.3 Å². The number of hydrogen-bond acceptors (Lipinski definition) is 3. The molecule has 0 saturated heterocycles. The van der Waals surface area contributed by atoms with Crippen LogP contribution in [0.15, 0.2) is 52.9 Å². The highest BCUT2D eigenvalue weighted by Gasteiger charge is 2.15. The number of carbonyl (C=O) groups is 1. The summed E-state index contributed by atoms with van der Waals surface area (Å²) in [6, 6.07) is 14.3. The van der Waals surface area contributed by atoms with Crippen LogP contribution in [0, 0.1) is 20.8 Å². The number of anilines is 1. The van der Waals surface area contributed by atoms with Crippen molar-refractivity contribution in [3.8, 4) is 11.5 Å². The van der Waals surface area contributed by atoms with Crippen molar-refractivity contribution in [2.75, 3.05) is 5.32 Å². The summed E-state index contributed by atoms with van der Waals surface area (Å²) >= 11 is 11.9. The maximum Gasteiger partial charge on any atom is 0.255 e. The summed E-state index contributed by atoms with van der Waals surface area (Å²) < 4.78 is 5.97. The molecule has 0 radical (unpaired) electrons. The summed E-state index contributed by atoms with van der Waals surface area (Å²) in [6.45, 7) is 6.17. The predicted octanol–water partition coefficient (Wildman–Crippen LogP) is 6.98. The van der Waals surface area contributed by atoms with Crippen LogP contribution in [-0.2, 0) is 0 Å². The van der Waals surface area contributed by atoms with Crippen LogP contribution in [0.3, 0.4) is 0 Å². The first-order chi connectivity index (χ1) is 13.8. The number of halogens is 2. The smallest absolute Gasteiger partial charge is 0.255 e. The molecule has 4 nitrogen and oxygen atoms in total. The number of nitrogens with zero attached hydrogens (tertiary/aromatic N) is 1. The second-order valence-corrected chi connectivity index (χ2v) is 7.87. The van der Waals surface area contributed by atoms with Crippen molar-refractivity contribution >= 4 is 45.9 Å². The van der Waals surface area contributed by atoms with Gasteiger partial charge in [-0.3, -0.25) is 4.79 Å². The minimum Gasteiger partial charge on any atom is -0.436 e. The first kappa shape index (κ1) is 19.5. The van der Waals surface area contributed by atoms with Crippen molar-refractivity contribution in [1.29, 1.82) is 0 Å². The molecule has 0 saturated carbocycles. The summed E-state index contributed by atoms with van der Waals surface area (Å²) in [5.74, 6) is 0.291. The van der Waals surface area contributed by atoms with Crippen molar-refractivity contribution in [2.24, 2.45) is 0 Å². The lowest BCUT2D eigenvalue weighted by atomic mass is 10.00. The third kappa shape index (κ3) is 3.86. The Morgan fingerprint density at radius 1 is 0.931 bits per heavy atom. The SMILES string of the molecule is Cc1cc(C)c(-c2nc3cc(NC(=O)c4ccc(Cl)c(Cl)c4)ccc3o2)c(C)c1. The van der Waals surface area contributed by atoms with E-state index >= 15 is 0 Å². The Hall–Kier alpha value is -2.82. The zero-order valence-electron chi connectivity index (χ0n) is 16.1. The van der Waals surface area contributed by atoms with Crippen molar-refractivity contribution in [3.05, 3.63) is 80.8 Å². The quantitative estimate of drug-likeness (QED) is 0.385. The fourth-order valence-corrected chi connectivity index (χ4v) is 3.77. The molecule has 0 unspecified atom stereocenters. The summed E-state index contributed by atoms with van der Waals surface area (Å²) in [4.78, 5) is 17.1. The highest BCUT2D eigenvalue weighted by Crippen LogP contribution is 2.31. The van der Waals surface area contributed by atoms with Crippen LogP contribution in [0.2, 0.25) is 10.0 Å². The highest BCUT2D eigenvalue weighted by atomic mass is 35.5. The molecule has 6 heteroatoms. The fraction of sp³-hybridized carbons (Fsp3) is 0.130. The Morgan fingerprint density at radius 2 is 1.66 bits per heavy atom. The number of aryl methyl sites for hydroxylation is 3. The lowest BCUT2D eigenvalue weighted by Gasteiger charge is -2.07. The summed E-state index contributed by atoms with van der Waals surface area (Å²) in [5.41, 5.74) is 6.79. The molecule has 146 valence electrons. The zero-order chi connectivity index (χ0) is 20.7. The van der Waals surface area contributed by atoms with Gasteiger partial charge in [0, 0.05) is 16.8 Å². The second kappa shape index (κ2) is 7.54. The molecule has 4 rings (SSSR count). The maximum atomic E-state index is 12.5. The number of fused-ring (bicyclic) bond motifs is 1. The van der Waals surface area contributed by atoms with Gasteiger partial charge in [-0.25, -0.2) is 4.98 Å². The van der Waals surface area contributed by atoms with Gasteiger partial charge in [0.05, 0.1) is 10.0 Å². The second-order valence-electron chi connectivity index (χ2n) is 7.06. The largest absolute Gasteiger partial charge is 0.436 e. The van der Waals surface area contributed by atoms with E-state index in [2.05, 4.69) is 29.4 Å². The summed E-state index contributed by atoms with van der Waals surface area (Å²) in [7, 11) is 0. The molecule has 4 aromatic rings. The van der Waals surface area contributed by atoms with E-state index < -0.39 is 0 Å². The Morgan fingerprint density at radius 3 is 2.34 bits per heavy atom. The number of oxazole rings is 1. The van der Waals surface area contributed by atoms with Crippen molar-refractivity contribution < 1.29 is 9.21 Å². The molecule has 29 heavy (non-hydrogen) atoms. The topological polar surface area (TPSA) is 55.1 Å². The van der Waals surface area contributed by atoms with Gasteiger partial charge in [0.1, 0.15) is 5.52 Å². The van der Waals surface area contributed by atoms with Gasteiger partial charge in [0.2, 0.25) is 5.89 Å². The molecule has 0 bridgehead atoms. The van der Waals surface area contributed by atoms with E-state index in [1.807, 2.05) is 13.8 Å². The number of rotatable bonds is 3. The highest BCUT2D eigenvalue weighted by molar-refractivity contribution is 6.42. The fourth-order valence-electron chi connectivity index (χ4n) is 3.47. The molecule has 1 amide bonds. The van der Waals surface area contributed by atoms with Crippen LogP contribution in [0.4, 0.5) is 5.69 Å². The van der Waals surface area contributed by atoms with E-state index in [1.165, 1.54) is 11.6 Å². The summed E-state index contributed by atoms with van der Waals surface area (Å²) in [5, 5.41) is 3.59. The molecular weight excluding hydrogens is 407 g/mol. The van der Waals surface area contributed by atoms with Gasteiger partial charge in [0.15, 0.2) is 5.58 Å². The van der Waals surface area contributed by atoms with Gasteiger partial charge in [-0.1, -0.05) is 40.9 Å². The molecule has 0 aliphatic rings. The maximum absolute atomic E-state index is 12.5. The first-order valence-electron chi connectivity index (χ1n) is 9.07. The van der Waals surface area contributed by atoms with Gasteiger partial charge >= 0.3 is 0 Å². The number of amides is 1. The van der Waals surface area contributed by atoms with Crippen LogP contribution in [0.5, 0.6) is 0 Å². The molecule has 1 N–H and O–H groups in total. The van der Waals surface area contributed by atoms with Gasteiger partial charge in [-0.15, -0.1) is 0 Å². The Kier molecular flexibility index (Phi) is 5.07. The monoisotopic (exact) mass is 424 g/mol. The lowest BCUT2D eigenvalue weighted by molar-refractivity contribution is 0.102. The van der Waals surface area contributed by atoms with E-state index in [-0.39, 0.29) is 5.91 Å². The van der Waals surface area contributed by atoms with E-state index in [0.717, 1.165) is 16.7 Å². The minimum atomic E-state index is -0.281. The van der Waals surface area contributed by atoms with E-state index in [4.69, 9.17) is 27.6 Å². The van der Waals surface area contributed by atoms with E-state index in [9.17, 15) is 4.79 Å². The molecule has 0 spiro atoms. The third-order valence-electron chi connectivity index (χ3n) is 4.72. The Labute approximate surface area is 178 Å². The minimum absolute atomic E-state index is 0.281. The normalized spacial score (nSPS) is 11.1. The van der Waals surface area contributed by atoms with E-state index in [1.54, 1.807) is 30.3 Å². The van der Waals surface area contributed by atoms with Crippen LogP contribution < -0.4 is 5.32 Å². The number of benzene rings is 3. The predicted molar refractivity (Wildman–Crippen MR) is 118 cm³/mol. The van der Waals surface area contributed by atoms with Gasteiger partial charge in [0.25, 0.3) is 5.91 Å².